The number of fused-ring (bicyclic) bond motifs is 5. The largest absolute Gasteiger partial charge is 0.255 e. The summed E-state index contributed by atoms with van der Waals surface area (Å²) in [5.74, 6) is 0. The molecule has 8 aromatic rings. The first-order valence-electron chi connectivity index (χ1n) is 15.3. The highest BCUT2D eigenvalue weighted by Crippen LogP contribution is 2.44. The first-order valence-corrected chi connectivity index (χ1v) is 15.3. The smallest absolute Gasteiger partial charge is 0.215 e. The van der Waals surface area contributed by atoms with Crippen LogP contribution in [0.4, 0.5) is 5.69 Å². The monoisotopic (exact) mass is 610 g/mol. The van der Waals surface area contributed by atoms with Crippen LogP contribution in [0.5, 0.6) is 0 Å². The zero-order valence-electron chi connectivity index (χ0n) is 25.4. The maximum absolute atomic E-state index is 9.72. The second kappa shape index (κ2) is 11.6. The number of benzene rings is 6. The van der Waals surface area contributed by atoms with Crippen molar-refractivity contribution in [3.63, 3.8) is 0 Å². The van der Waals surface area contributed by atoms with Crippen LogP contribution >= 0.6 is 0 Å². The number of para-hydroxylation sites is 1. The minimum absolute atomic E-state index is 0.371. The fourth-order valence-corrected chi connectivity index (χ4v) is 6.35. The van der Waals surface area contributed by atoms with E-state index in [1.54, 1.807) is 18.2 Å². The Kier molecular flexibility index (Phi) is 6.85. The summed E-state index contributed by atoms with van der Waals surface area (Å²) < 4.78 is 0. The minimum atomic E-state index is 0.371. The third-order valence-electron chi connectivity index (χ3n) is 8.49. The molecule has 48 heavy (non-hydrogen) atoms. The van der Waals surface area contributed by atoms with Crippen LogP contribution in [0.15, 0.2) is 133 Å². The van der Waals surface area contributed by atoms with Crippen LogP contribution in [0, 0.1) is 29.2 Å². The van der Waals surface area contributed by atoms with Crippen LogP contribution in [0.1, 0.15) is 11.1 Å². The first-order chi connectivity index (χ1) is 23.7. The molecule has 0 amide bonds. The number of nitriles is 2. The molecule has 6 nitrogen and oxygen atoms in total. The molecule has 0 unspecified atom stereocenters. The van der Waals surface area contributed by atoms with Gasteiger partial charge >= 0.3 is 0 Å². The van der Waals surface area contributed by atoms with Crippen LogP contribution in [0.25, 0.3) is 82.5 Å². The molecule has 6 aromatic carbocycles. The van der Waals surface area contributed by atoms with Gasteiger partial charge in [-0.05, 0) is 41.5 Å². The quantitative estimate of drug-likeness (QED) is 0.146. The number of rotatable bonds is 4. The predicted molar refractivity (Wildman–Crippen MR) is 190 cm³/mol. The predicted octanol–water partition coefficient (Wildman–Crippen LogP) is 10.3. The molecular formula is C42H22N6. The highest BCUT2D eigenvalue weighted by Gasteiger charge is 2.22. The van der Waals surface area contributed by atoms with Crippen LogP contribution in [0.2, 0.25) is 0 Å². The number of hydrogen-bond donors (Lipinski definition) is 0. The fraction of sp³-hybridized carbons (Fsp3) is 0. The van der Waals surface area contributed by atoms with E-state index < -0.39 is 0 Å². The summed E-state index contributed by atoms with van der Waals surface area (Å²) in [5.41, 5.74) is 9.34. The molecule has 2 aromatic heterocycles. The normalized spacial score (nSPS) is 10.9. The second-order valence-electron chi connectivity index (χ2n) is 11.3. The summed E-state index contributed by atoms with van der Waals surface area (Å²) in [6.07, 6.45) is 0. The lowest BCUT2D eigenvalue weighted by atomic mass is 9.91. The van der Waals surface area contributed by atoms with E-state index in [0.29, 0.717) is 39.2 Å². The molecule has 0 aliphatic heterocycles. The van der Waals surface area contributed by atoms with E-state index >= 15 is 0 Å². The minimum Gasteiger partial charge on any atom is -0.255 e. The van der Waals surface area contributed by atoms with Gasteiger partial charge in [0.2, 0.25) is 5.69 Å². The molecule has 8 rings (SSSR count). The van der Waals surface area contributed by atoms with Gasteiger partial charge in [-0.1, -0.05) is 103 Å². The topological polar surface area (TPSA) is 90.6 Å². The standard InChI is InChI=1S/C42H22N6/c1-45-36-23-34-37(42-41(36)47-38(28-12-4-2-5-13-28)39(48-42)29-14-6-3-7-15-29)33-18-10-11-19-35(33)46-40(34)32-17-9-8-16-31(32)30-21-26(24-43)20-27(22-30)25-44/h2-23H. The third-order valence-corrected chi connectivity index (χ3v) is 8.49. The summed E-state index contributed by atoms with van der Waals surface area (Å²) in [7, 11) is 0. The van der Waals surface area contributed by atoms with E-state index in [-0.39, 0.29) is 0 Å². The van der Waals surface area contributed by atoms with Gasteiger partial charge < -0.3 is 0 Å². The van der Waals surface area contributed by atoms with E-state index in [1.165, 1.54) is 0 Å². The van der Waals surface area contributed by atoms with Crippen LogP contribution in [-0.4, -0.2) is 15.0 Å². The van der Waals surface area contributed by atoms with Crippen molar-refractivity contribution in [1.29, 1.82) is 10.5 Å². The molecule has 0 aliphatic carbocycles. The van der Waals surface area contributed by atoms with Crippen molar-refractivity contribution in [2.75, 3.05) is 0 Å². The van der Waals surface area contributed by atoms with Crippen molar-refractivity contribution in [1.82, 2.24) is 15.0 Å². The summed E-state index contributed by atoms with van der Waals surface area (Å²) in [5, 5.41) is 21.9. The maximum atomic E-state index is 9.72. The van der Waals surface area contributed by atoms with Crippen molar-refractivity contribution >= 4 is 38.4 Å². The Morgan fingerprint density at radius 1 is 0.500 bits per heavy atom. The van der Waals surface area contributed by atoms with Crippen LogP contribution < -0.4 is 0 Å². The zero-order chi connectivity index (χ0) is 32.6. The summed E-state index contributed by atoms with van der Waals surface area (Å²) in [4.78, 5) is 19.7. The molecule has 0 bridgehead atoms. The van der Waals surface area contributed by atoms with Gasteiger partial charge in [0.1, 0.15) is 0 Å². The zero-order valence-corrected chi connectivity index (χ0v) is 25.4. The molecule has 220 valence electrons. The Hall–Kier alpha value is -7.20. The maximum Gasteiger partial charge on any atom is 0.215 e. The lowest BCUT2D eigenvalue weighted by Crippen LogP contribution is -1.99. The summed E-state index contributed by atoms with van der Waals surface area (Å²) in [6.45, 7) is 8.27. The molecule has 0 radical (unpaired) electrons. The Balaban J connectivity index is 1.53. The van der Waals surface area contributed by atoms with Gasteiger partial charge in [0, 0.05) is 32.8 Å². The lowest BCUT2D eigenvalue weighted by Gasteiger charge is -2.17. The Morgan fingerprint density at radius 2 is 1.06 bits per heavy atom. The van der Waals surface area contributed by atoms with Crippen molar-refractivity contribution in [3.8, 4) is 57.0 Å². The Labute approximate surface area is 276 Å². The molecule has 0 aliphatic rings. The Bertz CT molecular complexity index is 2660. The van der Waals surface area contributed by atoms with Gasteiger partial charge in [-0.25, -0.2) is 14.8 Å². The molecule has 6 heteroatoms. The molecule has 0 N–H and O–H groups in total. The molecule has 0 saturated carbocycles. The van der Waals surface area contributed by atoms with E-state index in [9.17, 15) is 10.5 Å². The molecule has 2 heterocycles. The van der Waals surface area contributed by atoms with Crippen LogP contribution in [-0.2, 0) is 0 Å². The summed E-state index contributed by atoms with van der Waals surface area (Å²) in [6, 6.07) is 47.0. The SMILES string of the molecule is [C-]#[N+]c1cc2c(-c3ccccc3-c3cc(C#N)cc(C#N)c3)nc3ccccc3c2c2nc(-c3ccccc3)c(-c3ccccc3)nc12. The van der Waals surface area contributed by atoms with Gasteiger partial charge in [0.15, 0.2) is 0 Å². The average molecular weight is 611 g/mol. The number of aromatic nitrogens is 3. The fourth-order valence-electron chi connectivity index (χ4n) is 6.35. The molecule has 0 spiro atoms. The van der Waals surface area contributed by atoms with E-state index in [4.69, 9.17) is 21.5 Å². The van der Waals surface area contributed by atoms with Crippen LogP contribution in [0.3, 0.4) is 0 Å². The lowest BCUT2D eigenvalue weighted by molar-refractivity contribution is 1.30. The van der Waals surface area contributed by atoms with Gasteiger partial charge in [-0.2, -0.15) is 10.5 Å². The second-order valence-corrected chi connectivity index (χ2v) is 11.3. The van der Waals surface area contributed by atoms with Gasteiger partial charge in [0.05, 0.1) is 63.5 Å². The van der Waals surface area contributed by atoms with Crippen molar-refractivity contribution in [2.45, 2.75) is 0 Å². The van der Waals surface area contributed by atoms with Crippen molar-refractivity contribution in [2.24, 2.45) is 0 Å². The molecule has 0 saturated heterocycles. The number of nitrogens with zero attached hydrogens (tertiary/aromatic N) is 6. The van der Waals surface area contributed by atoms with E-state index in [0.717, 1.165) is 55.2 Å². The van der Waals surface area contributed by atoms with E-state index in [2.05, 4.69) is 17.0 Å². The van der Waals surface area contributed by atoms with Gasteiger partial charge in [-0.3, -0.25) is 4.98 Å². The third kappa shape index (κ3) is 4.68. The Morgan fingerprint density at radius 3 is 1.69 bits per heavy atom. The van der Waals surface area contributed by atoms with E-state index in [1.807, 2.05) is 115 Å². The average Bonchev–Trinajstić information content (AvgIpc) is 3.17. The molecule has 0 atom stereocenters. The number of pyridine rings is 1. The van der Waals surface area contributed by atoms with Crippen molar-refractivity contribution in [3.05, 3.63) is 156 Å². The summed E-state index contributed by atoms with van der Waals surface area (Å²) >= 11 is 0. The molecular weight excluding hydrogens is 589 g/mol. The highest BCUT2D eigenvalue weighted by molar-refractivity contribution is 6.24. The van der Waals surface area contributed by atoms with Crippen molar-refractivity contribution < 1.29 is 0 Å². The van der Waals surface area contributed by atoms with Gasteiger partial charge in [-0.15, -0.1) is 0 Å². The number of hydrogen-bond acceptors (Lipinski definition) is 5. The first kappa shape index (κ1) is 28.3. The highest BCUT2D eigenvalue weighted by atomic mass is 14.9. The molecule has 0 fully saturated rings. The van der Waals surface area contributed by atoms with Gasteiger partial charge in [0.25, 0.3) is 0 Å².